The summed E-state index contributed by atoms with van der Waals surface area (Å²) < 4.78 is 43.4. The molecule has 8 rings (SSSR count). The van der Waals surface area contributed by atoms with Crippen LogP contribution >= 0.6 is 0 Å². The first-order chi connectivity index (χ1) is 34.3. The van der Waals surface area contributed by atoms with Gasteiger partial charge in [0.05, 0.1) is 34.6 Å². The fraction of sp³-hybridized carbons (Fsp3) is 0.158. The molecule has 0 unspecified atom stereocenters. The van der Waals surface area contributed by atoms with Crippen LogP contribution < -0.4 is 0 Å². The zero-order valence-electron chi connectivity index (χ0n) is 37.6. The number of esters is 5. The van der Waals surface area contributed by atoms with Gasteiger partial charge in [-0.2, -0.15) is 0 Å². The first-order valence-corrected chi connectivity index (χ1v) is 22.5. The van der Waals surface area contributed by atoms with Gasteiger partial charge in [-0.1, -0.05) is 164 Å². The Morgan fingerprint density at radius 2 is 0.800 bits per heavy atom. The highest BCUT2D eigenvalue weighted by Crippen LogP contribution is 2.32. The zero-order chi connectivity index (χ0) is 48.5. The summed E-state index contributed by atoms with van der Waals surface area (Å²) in [4.78, 5) is 75.1. The third kappa shape index (κ3) is 12.7. The largest absolute Gasteiger partial charge is 0.459 e. The number of carbonyl (C=O) groups excluding carboxylic acids is 5. The molecule has 0 N–H and O–H groups in total. The molecule has 0 radical (unpaired) electrons. The summed E-state index contributed by atoms with van der Waals surface area (Å²) in [6.45, 7) is -1.22. The van der Waals surface area contributed by atoms with Gasteiger partial charge in [0.1, 0.15) is 19.3 Å². The molecule has 0 aromatic heterocycles. The number of benzene rings is 7. The number of hydrogen-bond acceptors (Lipinski definition) is 13. The lowest BCUT2D eigenvalue weighted by Crippen LogP contribution is -2.63. The van der Waals surface area contributed by atoms with Crippen molar-refractivity contribution in [2.75, 3.05) is 13.2 Å². The number of hydrogen-bond donors (Lipinski definition) is 0. The molecule has 7 aromatic rings. The highest BCUT2D eigenvalue weighted by atomic mass is 16.7. The summed E-state index contributed by atoms with van der Waals surface area (Å²) in [6.07, 6.45) is -8.15. The summed E-state index contributed by atoms with van der Waals surface area (Å²) in [5.74, 6) is -4.12. The van der Waals surface area contributed by atoms with Crippen LogP contribution in [0.25, 0.3) is 0 Å². The molecule has 0 spiro atoms. The Morgan fingerprint density at radius 1 is 0.429 bits per heavy atom. The van der Waals surface area contributed by atoms with E-state index in [1.807, 2.05) is 91.0 Å². The quantitative estimate of drug-likeness (QED) is 0.0457. The van der Waals surface area contributed by atoms with Crippen LogP contribution in [0.2, 0.25) is 0 Å². The lowest BCUT2D eigenvalue weighted by Gasteiger charge is -2.44. The molecule has 7 aromatic carbocycles. The van der Waals surface area contributed by atoms with Gasteiger partial charge in [0.2, 0.25) is 0 Å². The summed E-state index contributed by atoms with van der Waals surface area (Å²) in [5.41, 5.74) is 3.13. The number of nitrogens with zero attached hydrogens (tertiary/aromatic N) is 1. The van der Waals surface area contributed by atoms with E-state index in [0.717, 1.165) is 5.56 Å². The van der Waals surface area contributed by atoms with Crippen molar-refractivity contribution in [3.8, 4) is 0 Å². The second kappa shape index (κ2) is 24.0. The zero-order valence-corrected chi connectivity index (χ0v) is 37.6. The van der Waals surface area contributed by atoms with Crippen LogP contribution in [0.5, 0.6) is 0 Å². The van der Waals surface area contributed by atoms with Gasteiger partial charge in [0.25, 0.3) is 0 Å². The van der Waals surface area contributed by atoms with Gasteiger partial charge >= 0.3 is 29.8 Å². The molecular formula is C57H47NO12. The van der Waals surface area contributed by atoms with E-state index in [2.05, 4.69) is 0 Å². The van der Waals surface area contributed by atoms with E-state index in [-0.39, 0.29) is 28.9 Å². The molecule has 1 aliphatic rings. The topological polar surface area (TPSA) is 162 Å². The monoisotopic (exact) mass is 937 g/mol. The Balaban J connectivity index is 1.21. The van der Waals surface area contributed by atoms with Crippen LogP contribution in [-0.4, -0.2) is 85.5 Å². The van der Waals surface area contributed by atoms with Crippen molar-refractivity contribution in [1.82, 2.24) is 0 Å². The predicted octanol–water partition coefficient (Wildman–Crippen LogP) is 8.91. The average Bonchev–Trinajstić information content (AvgIpc) is 3.42. The molecule has 352 valence electrons. The molecule has 13 heteroatoms. The van der Waals surface area contributed by atoms with Gasteiger partial charge in [0.15, 0.2) is 30.6 Å². The molecule has 1 aliphatic heterocycles. The summed E-state index contributed by atoms with van der Waals surface area (Å²) in [6, 6.07) is 58.5. The van der Waals surface area contributed by atoms with Gasteiger partial charge in [0, 0.05) is 11.1 Å². The van der Waals surface area contributed by atoms with E-state index in [1.165, 1.54) is 36.4 Å². The van der Waals surface area contributed by atoms with Crippen LogP contribution in [0.4, 0.5) is 0 Å². The average molecular weight is 938 g/mol. The first-order valence-electron chi connectivity index (χ1n) is 22.5. The van der Waals surface area contributed by atoms with Crippen molar-refractivity contribution in [2.24, 2.45) is 4.99 Å². The first kappa shape index (κ1) is 48.0. The van der Waals surface area contributed by atoms with Crippen molar-refractivity contribution >= 4 is 35.6 Å². The molecule has 0 aliphatic carbocycles. The minimum Gasteiger partial charge on any atom is -0.459 e. The Labute approximate surface area is 404 Å². The Kier molecular flexibility index (Phi) is 16.4. The van der Waals surface area contributed by atoms with Crippen LogP contribution in [0, 0.1) is 0 Å². The third-order valence-electron chi connectivity index (χ3n) is 11.0. The van der Waals surface area contributed by atoms with Crippen LogP contribution in [-0.2, 0) is 44.6 Å². The molecule has 6 atom stereocenters. The van der Waals surface area contributed by atoms with Gasteiger partial charge in [-0.05, 0) is 54.1 Å². The summed E-state index contributed by atoms with van der Waals surface area (Å²) in [5, 5.41) is 0. The normalized spacial score (nSPS) is 17.7. The van der Waals surface area contributed by atoms with Crippen molar-refractivity contribution in [3.05, 3.63) is 251 Å². The van der Waals surface area contributed by atoms with E-state index >= 15 is 0 Å². The lowest BCUT2D eigenvalue weighted by molar-refractivity contribution is -0.299. The van der Waals surface area contributed by atoms with E-state index in [1.54, 1.807) is 84.9 Å². The molecule has 0 amide bonds. The molecule has 0 bridgehead atoms. The number of carbonyl (C=O) groups is 5. The van der Waals surface area contributed by atoms with Gasteiger partial charge in [-0.15, -0.1) is 0 Å². The smallest absolute Gasteiger partial charge is 0.338 e. The lowest BCUT2D eigenvalue weighted by atomic mass is 9.97. The van der Waals surface area contributed by atoms with Crippen molar-refractivity contribution < 1.29 is 57.1 Å². The maximum Gasteiger partial charge on any atom is 0.338 e. The van der Waals surface area contributed by atoms with Gasteiger partial charge in [-0.3, -0.25) is 4.99 Å². The number of aliphatic imine (C=N–C) groups is 1. The van der Waals surface area contributed by atoms with Crippen molar-refractivity contribution in [3.63, 3.8) is 0 Å². The Bertz CT molecular complexity index is 2790. The maximum absolute atomic E-state index is 14.4. The number of rotatable bonds is 18. The fourth-order valence-electron chi connectivity index (χ4n) is 7.49. The van der Waals surface area contributed by atoms with Crippen molar-refractivity contribution in [1.29, 1.82) is 0 Å². The molecule has 70 heavy (non-hydrogen) atoms. The van der Waals surface area contributed by atoms with E-state index in [9.17, 15) is 24.0 Å². The van der Waals surface area contributed by atoms with Crippen LogP contribution in [0.3, 0.4) is 0 Å². The molecule has 1 saturated heterocycles. The van der Waals surface area contributed by atoms with Gasteiger partial charge < -0.3 is 33.2 Å². The standard InChI is InChI=1S/C57H47NO12/c59-52(42-28-14-4-15-29-42)65-38-47-49(68-53(60)43-30-16-5-17-31-43)50(69-54(61)44-32-18-6-19-33-44)51(70-55(62)45-34-20-7-21-35-45)57(67-47)66-37-46(56(63)64-36-39-22-8-1-9-23-39)58-48(40-24-10-2-11-25-40)41-26-12-3-13-27-41/h1-35,46-47,49-51,57H,36-38H2/t46-,47+,49+,50-,51+,57+/m0/s1. The predicted molar refractivity (Wildman–Crippen MR) is 257 cm³/mol. The number of ether oxygens (including phenoxy) is 7. The Morgan fingerprint density at radius 3 is 1.24 bits per heavy atom. The maximum atomic E-state index is 14.4. The second-order valence-electron chi connectivity index (χ2n) is 15.9. The summed E-state index contributed by atoms with van der Waals surface area (Å²) >= 11 is 0. The fourth-order valence-corrected chi connectivity index (χ4v) is 7.49. The third-order valence-corrected chi connectivity index (χ3v) is 11.0. The minimum atomic E-state index is -1.71. The summed E-state index contributed by atoms with van der Waals surface area (Å²) in [7, 11) is 0. The van der Waals surface area contributed by atoms with Crippen LogP contribution in [0.15, 0.2) is 217 Å². The highest BCUT2D eigenvalue weighted by Gasteiger charge is 2.54. The molecule has 1 fully saturated rings. The van der Waals surface area contributed by atoms with E-state index in [4.69, 9.17) is 38.2 Å². The second-order valence-corrected chi connectivity index (χ2v) is 15.9. The van der Waals surface area contributed by atoms with E-state index < -0.39 is 79.8 Å². The Hall–Kier alpha value is -8.52. The molecule has 1 heterocycles. The molecular weight excluding hydrogens is 891 g/mol. The SMILES string of the molecule is O=C(OC[C@H]1O[C@@H](OC[C@H](N=C(c2ccccc2)c2ccccc2)C(=O)OCc2ccccc2)[C@H](OC(=O)c2ccccc2)[C@@H](OC(=O)c2ccccc2)[C@@H]1OC(=O)c1ccccc1)c1ccccc1. The van der Waals surface area contributed by atoms with E-state index in [0.29, 0.717) is 16.8 Å². The van der Waals surface area contributed by atoms with Gasteiger partial charge in [-0.25, -0.2) is 24.0 Å². The minimum absolute atomic E-state index is 0.0875. The van der Waals surface area contributed by atoms with Crippen LogP contribution in [0.1, 0.15) is 58.1 Å². The van der Waals surface area contributed by atoms with Crippen molar-refractivity contribution in [2.45, 2.75) is 43.4 Å². The highest BCUT2D eigenvalue weighted by molar-refractivity contribution is 6.13. The molecule has 0 saturated carbocycles. The molecule has 13 nitrogen and oxygen atoms in total.